The Morgan fingerprint density at radius 3 is 2.20 bits per heavy atom. The van der Waals surface area contributed by atoms with Crippen LogP contribution in [0.25, 0.3) is 0 Å². The zero-order valence-electron chi connectivity index (χ0n) is 2.28. The van der Waals surface area contributed by atoms with Gasteiger partial charge in [0, 0.05) is 0 Å². The molecule has 0 saturated heterocycles. The average molecular weight is 201 g/mol. The summed E-state index contributed by atoms with van der Waals surface area (Å²) in [6.07, 6.45) is 0. The molecule has 0 aromatic rings. The zero-order valence-corrected chi connectivity index (χ0v) is 5.19. The standard InChI is InChI=1S/C2HClIN/c3-2(4)1-5/h2H. The molecular formula is C2HClIN. The Morgan fingerprint density at radius 1 is 2.00 bits per heavy atom. The minimum absolute atomic E-state index is 0.368. The molecule has 0 aromatic heterocycles. The summed E-state index contributed by atoms with van der Waals surface area (Å²) in [5.74, 6) is 0. The van der Waals surface area contributed by atoms with E-state index in [0.29, 0.717) is 0 Å². The molecule has 0 heterocycles. The summed E-state index contributed by atoms with van der Waals surface area (Å²) in [6.45, 7) is 0. The third-order valence-corrected chi connectivity index (χ3v) is 0.474. The largest absolute Gasteiger partial charge is 0.196 e. The molecule has 0 aromatic carbocycles. The van der Waals surface area contributed by atoms with Gasteiger partial charge in [0.1, 0.15) is 0 Å². The fourth-order valence-electron chi connectivity index (χ4n) is 0. The number of alkyl halides is 2. The van der Waals surface area contributed by atoms with Crippen LogP contribution in [0.4, 0.5) is 0 Å². The first-order valence-electron chi connectivity index (χ1n) is 0.949. The Labute approximate surface area is 49.1 Å². The van der Waals surface area contributed by atoms with Crippen molar-refractivity contribution in [2.24, 2.45) is 0 Å². The lowest BCUT2D eigenvalue weighted by molar-refractivity contribution is 1.48. The highest BCUT2D eigenvalue weighted by Crippen LogP contribution is 2.00. The van der Waals surface area contributed by atoms with Gasteiger partial charge in [-0.15, -0.1) is 0 Å². The highest BCUT2D eigenvalue weighted by Gasteiger charge is 1.85. The van der Waals surface area contributed by atoms with E-state index in [4.69, 9.17) is 16.9 Å². The van der Waals surface area contributed by atoms with Crippen LogP contribution in [0.3, 0.4) is 0 Å². The van der Waals surface area contributed by atoms with Gasteiger partial charge in [-0.05, 0) is 22.6 Å². The van der Waals surface area contributed by atoms with E-state index < -0.39 is 0 Å². The van der Waals surface area contributed by atoms with E-state index in [9.17, 15) is 0 Å². The molecule has 28 valence electrons. The molecule has 0 radical (unpaired) electrons. The maximum Gasteiger partial charge on any atom is 0.171 e. The first-order valence-corrected chi connectivity index (χ1v) is 2.63. The third-order valence-electron chi connectivity index (χ3n) is 0.0976. The molecule has 1 unspecified atom stereocenters. The molecule has 0 bridgehead atoms. The Kier molecular flexibility index (Phi) is 3.01. The number of hydrogen-bond donors (Lipinski definition) is 0. The Hall–Kier alpha value is 0.510. The van der Waals surface area contributed by atoms with Gasteiger partial charge in [0.2, 0.25) is 0 Å². The molecule has 0 aliphatic heterocycles. The highest BCUT2D eigenvalue weighted by molar-refractivity contribution is 14.1. The lowest BCUT2D eigenvalue weighted by atomic mass is 10.9. The molecule has 0 aliphatic rings. The van der Waals surface area contributed by atoms with Crippen molar-refractivity contribution in [1.29, 1.82) is 5.26 Å². The van der Waals surface area contributed by atoms with Crippen molar-refractivity contribution in [2.75, 3.05) is 0 Å². The van der Waals surface area contributed by atoms with Crippen LogP contribution in [0.15, 0.2) is 0 Å². The lowest BCUT2D eigenvalue weighted by Crippen LogP contribution is -1.68. The van der Waals surface area contributed by atoms with Crippen molar-refractivity contribution in [1.82, 2.24) is 0 Å². The van der Waals surface area contributed by atoms with Crippen molar-refractivity contribution in [3.05, 3.63) is 0 Å². The molecule has 1 nitrogen and oxygen atoms in total. The molecular weight excluding hydrogens is 200 g/mol. The second kappa shape index (κ2) is 2.73. The van der Waals surface area contributed by atoms with Gasteiger partial charge in [-0.1, -0.05) is 11.6 Å². The number of halogens is 2. The molecule has 0 saturated carbocycles. The SMILES string of the molecule is N#CC(Cl)I. The van der Waals surface area contributed by atoms with Crippen LogP contribution in [-0.2, 0) is 0 Å². The molecule has 0 N–H and O–H groups in total. The number of nitrogens with zero attached hydrogens (tertiary/aromatic N) is 1. The summed E-state index contributed by atoms with van der Waals surface area (Å²) in [5, 5.41) is 7.75. The second-order valence-electron chi connectivity index (χ2n) is 0.430. The number of nitriles is 1. The predicted molar refractivity (Wildman–Crippen MR) is 29.3 cm³/mol. The zero-order chi connectivity index (χ0) is 4.28. The van der Waals surface area contributed by atoms with Crippen LogP contribution in [0.5, 0.6) is 0 Å². The quantitative estimate of drug-likeness (QED) is 0.430. The van der Waals surface area contributed by atoms with Crippen molar-refractivity contribution < 1.29 is 0 Å². The molecule has 0 fully saturated rings. The summed E-state index contributed by atoms with van der Waals surface area (Å²) in [5.41, 5.74) is 0. The van der Waals surface area contributed by atoms with Crippen LogP contribution in [0.2, 0.25) is 0 Å². The van der Waals surface area contributed by atoms with Gasteiger partial charge in [0.15, 0.2) is 3.38 Å². The highest BCUT2D eigenvalue weighted by atomic mass is 127. The Balaban J connectivity index is 2.94. The summed E-state index contributed by atoms with van der Waals surface area (Å²) >= 11 is 6.90. The van der Waals surface area contributed by atoms with Gasteiger partial charge in [-0.3, -0.25) is 0 Å². The van der Waals surface area contributed by atoms with Crippen molar-refractivity contribution >= 4 is 34.2 Å². The van der Waals surface area contributed by atoms with Gasteiger partial charge in [0.25, 0.3) is 0 Å². The lowest BCUT2D eigenvalue weighted by Gasteiger charge is -1.70. The number of rotatable bonds is 0. The average Bonchev–Trinajstić information content (AvgIpc) is 1.38. The molecule has 5 heavy (non-hydrogen) atoms. The summed E-state index contributed by atoms with van der Waals surface area (Å²) in [4.78, 5) is 0. The minimum Gasteiger partial charge on any atom is -0.196 e. The van der Waals surface area contributed by atoms with Crippen molar-refractivity contribution in [3.8, 4) is 6.07 Å². The summed E-state index contributed by atoms with van der Waals surface area (Å²) < 4.78 is -0.368. The van der Waals surface area contributed by atoms with Crippen LogP contribution < -0.4 is 0 Å². The maximum atomic E-state index is 7.75. The van der Waals surface area contributed by atoms with E-state index >= 15 is 0 Å². The van der Waals surface area contributed by atoms with Crippen LogP contribution >= 0.6 is 34.2 Å². The maximum absolute atomic E-state index is 7.75. The fraction of sp³-hybridized carbons (Fsp3) is 0.500. The van der Waals surface area contributed by atoms with E-state index in [1.165, 1.54) is 0 Å². The van der Waals surface area contributed by atoms with Gasteiger partial charge in [-0.2, -0.15) is 5.26 Å². The first kappa shape index (κ1) is 5.51. The van der Waals surface area contributed by atoms with E-state index in [2.05, 4.69) is 0 Å². The van der Waals surface area contributed by atoms with E-state index in [1.807, 2.05) is 22.6 Å². The molecule has 1 atom stereocenters. The second-order valence-corrected chi connectivity index (χ2v) is 2.85. The van der Waals surface area contributed by atoms with Crippen LogP contribution in [-0.4, -0.2) is 3.38 Å². The van der Waals surface area contributed by atoms with Gasteiger partial charge in [-0.25, -0.2) is 0 Å². The topological polar surface area (TPSA) is 23.8 Å². The van der Waals surface area contributed by atoms with Crippen molar-refractivity contribution in [2.45, 2.75) is 3.38 Å². The monoisotopic (exact) mass is 201 g/mol. The minimum atomic E-state index is -0.368. The number of hydrogen-bond acceptors (Lipinski definition) is 1. The smallest absolute Gasteiger partial charge is 0.171 e. The molecule has 0 spiro atoms. The third kappa shape index (κ3) is 4.51. The normalized spacial score (nSPS) is 13.0. The van der Waals surface area contributed by atoms with E-state index in [0.717, 1.165) is 0 Å². The molecule has 0 aliphatic carbocycles. The fourth-order valence-corrected chi connectivity index (χ4v) is 0. The van der Waals surface area contributed by atoms with Gasteiger partial charge >= 0.3 is 0 Å². The van der Waals surface area contributed by atoms with E-state index in [1.54, 1.807) is 6.07 Å². The van der Waals surface area contributed by atoms with Crippen LogP contribution in [0.1, 0.15) is 0 Å². The Morgan fingerprint density at radius 2 is 2.20 bits per heavy atom. The summed E-state index contributed by atoms with van der Waals surface area (Å²) in [6, 6.07) is 1.78. The van der Waals surface area contributed by atoms with Crippen molar-refractivity contribution in [3.63, 3.8) is 0 Å². The molecule has 0 rings (SSSR count). The van der Waals surface area contributed by atoms with Gasteiger partial charge < -0.3 is 0 Å². The molecule has 0 amide bonds. The molecule has 3 heteroatoms. The van der Waals surface area contributed by atoms with Crippen LogP contribution in [0, 0.1) is 11.3 Å². The van der Waals surface area contributed by atoms with E-state index in [-0.39, 0.29) is 3.38 Å². The Bertz CT molecular complexity index is 55.2. The first-order chi connectivity index (χ1) is 2.27. The van der Waals surface area contributed by atoms with Gasteiger partial charge in [0.05, 0.1) is 6.07 Å². The predicted octanol–water partition coefficient (Wildman–Crippen LogP) is 1.51. The summed E-state index contributed by atoms with van der Waals surface area (Å²) in [7, 11) is 0.